The third-order valence-electron chi connectivity index (χ3n) is 1.56. The SMILES string of the molecule is CCOC(CC1CO1)OCC. The second-order valence-electron chi connectivity index (χ2n) is 2.53. The zero-order valence-corrected chi connectivity index (χ0v) is 7.21. The minimum Gasteiger partial charge on any atom is -0.373 e. The predicted molar refractivity (Wildman–Crippen MR) is 41.4 cm³/mol. The van der Waals surface area contributed by atoms with Crippen molar-refractivity contribution in [2.24, 2.45) is 0 Å². The molecule has 0 N–H and O–H groups in total. The Kier molecular flexibility index (Phi) is 3.83. The number of hydrogen-bond donors (Lipinski definition) is 0. The molecular formula is C8H16O3. The van der Waals surface area contributed by atoms with Crippen LogP contribution < -0.4 is 0 Å². The van der Waals surface area contributed by atoms with Crippen LogP contribution in [0.15, 0.2) is 0 Å². The average molecular weight is 160 g/mol. The van der Waals surface area contributed by atoms with Crippen LogP contribution in [0.1, 0.15) is 20.3 Å². The van der Waals surface area contributed by atoms with Gasteiger partial charge in [0.2, 0.25) is 0 Å². The summed E-state index contributed by atoms with van der Waals surface area (Å²) in [5.74, 6) is 0. The highest BCUT2D eigenvalue weighted by Gasteiger charge is 2.27. The highest BCUT2D eigenvalue weighted by atomic mass is 16.7. The van der Waals surface area contributed by atoms with Gasteiger partial charge in [-0.05, 0) is 13.8 Å². The molecule has 1 aliphatic heterocycles. The van der Waals surface area contributed by atoms with Gasteiger partial charge in [0.15, 0.2) is 6.29 Å². The molecule has 0 aliphatic carbocycles. The first-order chi connectivity index (χ1) is 5.36. The van der Waals surface area contributed by atoms with Crippen molar-refractivity contribution in [3.63, 3.8) is 0 Å². The molecule has 1 aliphatic rings. The Labute approximate surface area is 67.6 Å². The molecule has 0 aromatic carbocycles. The molecule has 1 saturated heterocycles. The van der Waals surface area contributed by atoms with Crippen LogP contribution in [0.3, 0.4) is 0 Å². The minimum absolute atomic E-state index is 0.0579. The van der Waals surface area contributed by atoms with E-state index in [1.807, 2.05) is 13.8 Å². The van der Waals surface area contributed by atoms with Crippen LogP contribution >= 0.6 is 0 Å². The van der Waals surface area contributed by atoms with E-state index in [9.17, 15) is 0 Å². The Morgan fingerprint density at radius 3 is 2.27 bits per heavy atom. The molecule has 1 atom stereocenters. The molecule has 0 spiro atoms. The van der Waals surface area contributed by atoms with E-state index < -0.39 is 0 Å². The van der Waals surface area contributed by atoms with E-state index in [4.69, 9.17) is 14.2 Å². The second-order valence-corrected chi connectivity index (χ2v) is 2.53. The van der Waals surface area contributed by atoms with Crippen LogP contribution in [-0.2, 0) is 14.2 Å². The molecule has 0 saturated carbocycles. The highest BCUT2D eigenvalue weighted by molar-refractivity contribution is 4.70. The van der Waals surface area contributed by atoms with Gasteiger partial charge in [0.1, 0.15) is 0 Å². The Morgan fingerprint density at radius 2 is 1.91 bits per heavy atom. The second kappa shape index (κ2) is 4.70. The van der Waals surface area contributed by atoms with E-state index in [0.717, 1.165) is 13.0 Å². The molecule has 0 amide bonds. The molecular weight excluding hydrogens is 144 g/mol. The number of ether oxygens (including phenoxy) is 3. The van der Waals surface area contributed by atoms with Gasteiger partial charge in [0.25, 0.3) is 0 Å². The largest absolute Gasteiger partial charge is 0.373 e. The van der Waals surface area contributed by atoms with Gasteiger partial charge in [0.05, 0.1) is 12.7 Å². The Morgan fingerprint density at radius 1 is 1.36 bits per heavy atom. The fraction of sp³-hybridized carbons (Fsp3) is 1.00. The molecule has 11 heavy (non-hydrogen) atoms. The molecule has 66 valence electrons. The van der Waals surface area contributed by atoms with Crippen molar-refractivity contribution < 1.29 is 14.2 Å². The maximum absolute atomic E-state index is 5.33. The van der Waals surface area contributed by atoms with Crippen molar-refractivity contribution >= 4 is 0 Å². The zero-order chi connectivity index (χ0) is 8.10. The fourth-order valence-corrected chi connectivity index (χ4v) is 0.975. The quantitative estimate of drug-likeness (QED) is 0.432. The molecule has 0 bridgehead atoms. The first-order valence-corrected chi connectivity index (χ1v) is 4.21. The number of epoxide rings is 1. The van der Waals surface area contributed by atoms with Crippen molar-refractivity contribution in [3.05, 3.63) is 0 Å². The maximum atomic E-state index is 5.33. The Bertz CT molecular complexity index is 95.5. The van der Waals surface area contributed by atoms with Gasteiger partial charge in [0, 0.05) is 19.6 Å². The maximum Gasteiger partial charge on any atom is 0.160 e. The molecule has 0 radical (unpaired) electrons. The van der Waals surface area contributed by atoms with E-state index in [1.54, 1.807) is 0 Å². The van der Waals surface area contributed by atoms with Crippen LogP contribution in [0.4, 0.5) is 0 Å². The summed E-state index contributed by atoms with van der Waals surface area (Å²) in [6, 6.07) is 0. The molecule has 1 heterocycles. The lowest BCUT2D eigenvalue weighted by Crippen LogP contribution is -2.19. The molecule has 1 unspecified atom stereocenters. The summed E-state index contributed by atoms with van der Waals surface area (Å²) in [4.78, 5) is 0. The van der Waals surface area contributed by atoms with Gasteiger partial charge in [-0.3, -0.25) is 0 Å². The third kappa shape index (κ3) is 3.70. The number of rotatable bonds is 6. The van der Waals surface area contributed by atoms with E-state index in [2.05, 4.69) is 0 Å². The summed E-state index contributed by atoms with van der Waals surface area (Å²) in [5.41, 5.74) is 0. The monoisotopic (exact) mass is 160 g/mol. The molecule has 0 aromatic rings. The van der Waals surface area contributed by atoms with Crippen molar-refractivity contribution in [2.75, 3.05) is 19.8 Å². The van der Waals surface area contributed by atoms with Gasteiger partial charge in [-0.15, -0.1) is 0 Å². The van der Waals surface area contributed by atoms with Crippen LogP contribution in [-0.4, -0.2) is 32.2 Å². The van der Waals surface area contributed by atoms with Crippen molar-refractivity contribution in [1.82, 2.24) is 0 Å². The van der Waals surface area contributed by atoms with E-state index >= 15 is 0 Å². The standard InChI is InChI=1S/C8H16O3/c1-3-9-8(10-4-2)5-7-6-11-7/h7-8H,3-6H2,1-2H3. The first-order valence-electron chi connectivity index (χ1n) is 4.21. The lowest BCUT2D eigenvalue weighted by atomic mass is 10.3. The summed E-state index contributed by atoms with van der Waals surface area (Å²) in [6.45, 7) is 6.23. The summed E-state index contributed by atoms with van der Waals surface area (Å²) in [6.07, 6.45) is 1.21. The zero-order valence-electron chi connectivity index (χ0n) is 7.21. The average Bonchev–Trinajstić information content (AvgIpc) is 2.73. The van der Waals surface area contributed by atoms with Crippen LogP contribution in [0, 0.1) is 0 Å². The van der Waals surface area contributed by atoms with Gasteiger partial charge < -0.3 is 14.2 Å². The normalized spacial score (nSPS) is 22.6. The lowest BCUT2D eigenvalue weighted by molar-refractivity contribution is -0.141. The van der Waals surface area contributed by atoms with E-state index in [0.29, 0.717) is 19.3 Å². The fourth-order valence-electron chi connectivity index (χ4n) is 0.975. The van der Waals surface area contributed by atoms with E-state index in [1.165, 1.54) is 0 Å². The van der Waals surface area contributed by atoms with Crippen molar-refractivity contribution in [3.8, 4) is 0 Å². The van der Waals surface area contributed by atoms with Gasteiger partial charge in [-0.2, -0.15) is 0 Å². The van der Waals surface area contributed by atoms with Crippen LogP contribution in [0.25, 0.3) is 0 Å². The van der Waals surface area contributed by atoms with Gasteiger partial charge in [-0.1, -0.05) is 0 Å². The third-order valence-corrected chi connectivity index (χ3v) is 1.56. The van der Waals surface area contributed by atoms with Gasteiger partial charge in [-0.25, -0.2) is 0 Å². The molecule has 1 rings (SSSR count). The molecule has 1 fully saturated rings. The summed E-state index contributed by atoms with van der Waals surface area (Å²) in [5, 5.41) is 0. The van der Waals surface area contributed by atoms with Gasteiger partial charge >= 0.3 is 0 Å². The molecule has 3 heteroatoms. The van der Waals surface area contributed by atoms with Crippen LogP contribution in [0.5, 0.6) is 0 Å². The van der Waals surface area contributed by atoms with Crippen molar-refractivity contribution in [2.45, 2.75) is 32.7 Å². The van der Waals surface area contributed by atoms with Crippen LogP contribution in [0.2, 0.25) is 0 Å². The Balaban J connectivity index is 2.08. The summed E-state index contributed by atoms with van der Waals surface area (Å²) in [7, 11) is 0. The highest BCUT2D eigenvalue weighted by Crippen LogP contribution is 2.17. The smallest absolute Gasteiger partial charge is 0.160 e. The van der Waals surface area contributed by atoms with Crippen molar-refractivity contribution in [1.29, 1.82) is 0 Å². The summed E-state index contributed by atoms with van der Waals surface area (Å²) < 4.78 is 15.7. The summed E-state index contributed by atoms with van der Waals surface area (Å²) >= 11 is 0. The molecule has 3 nitrogen and oxygen atoms in total. The Hall–Kier alpha value is -0.120. The topological polar surface area (TPSA) is 31.0 Å². The minimum atomic E-state index is -0.0579. The first kappa shape index (κ1) is 8.97. The predicted octanol–water partition coefficient (Wildman–Crippen LogP) is 1.17. The van der Waals surface area contributed by atoms with E-state index in [-0.39, 0.29) is 6.29 Å². The number of hydrogen-bond acceptors (Lipinski definition) is 3. The molecule has 0 aromatic heterocycles. The lowest BCUT2D eigenvalue weighted by Gasteiger charge is -2.14.